The topological polar surface area (TPSA) is 89.9 Å². The molecule has 4 rings (SSSR count). The number of carbonyl (C=O) groups excluding carboxylic acids is 1. The normalized spacial score (nSPS) is 15.2. The number of halogens is 1. The SMILES string of the molecule is Cc1nc(C)n(CCC(=O)N2CCC(c3nc4ccc(F)cc4cc3N)CC2)n1. The predicted octanol–water partition coefficient (Wildman–Crippen LogP) is 2.96. The number of aryl methyl sites for hydroxylation is 3. The lowest BCUT2D eigenvalue weighted by Gasteiger charge is -2.32. The smallest absolute Gasteiger partial charge is 0.224 e. The molecule has 2 N–H and O–H groups in total. The van der Waals surface area contributed by atoms with Crippen LogP contribution in [0.1, 0.15) is 42.5 Å². The molecule has 0 aliphatic carbocycles. The first-order chi connectivity index (χ1) is 13.9. The summed E-state index contributed by atoms with van der Waals surface area (Å²) in [6.45, 7) is 5.65. The first kappa shape index (κ1) is 19.3. The average molecular weight is 396 g/mol. The Labute approximate surface area is 168 Å². The first-order valence-electron chi connectivity index (χ1n) is 9.92. The monoisotopic (exact) mass is 396 g/mol. The highest BCUT2D eigenvalue weighted by molar-refractivity contribution is 5.82. The summed E-state index contributed by atoms with van der Waals surface area (Å²) in [6.07, 6.45) is 2.05. The fourth-order valence-electron chi connectivity index (χ4n) is 4.04. The number of fused-ring (bicyclic) bond motifs is 1. The van der Waals surface area contributed by atoms with Gasteiger partial charge in [0.1, 0.15) is 17.5 Å². The van der Waals surface area contributed by atoms with Gasteiger partial charge < -0.3 is 10.6 Å². The van der Waals surface area contributed by atoms with E-state index < -0.39 is 0 Å². The summed E-state index contributed by atoms with van der Waals surface area (Å²) < 4.78 is 15.2. The summed E-state index contributed by atoms with van der Waals surface area (Å²) in [5.74, 6) is 1.58. The van der Waals surface area contributed by atoms with Gasteiger partial charge >= 0.3 is 0 Å². The summed E-state index contributed by atoms with van der Waals surface area (Å²) in [6, 6.07) is 6.33. The van der Waals surface area contributed by atoms with Gasteiger partial charge in [-0.2, -0.15) is 5.10 Å². The predicted molar refractivity (Wildman–Crippen MR) is 109 cm³/mol. The third kappa shape index (κ3) is 4.06. The molecule has 0 unspecified atom stereocenters. The van der Waals surface area contributed by atoms with Crippen LogP contribution in [-0.2, 0) is 11.3 Å². The zero-order valence-electron chi connectivity index (χ0n) is 16.7. The number of piperidine rings is 1. The number of benzene rings is 1. The van der Waals surface area contributed by atoms with E-state index in [1.165, 1.54) is 12.1 Å². The Morgan fingerprint density at radius 2 is 1.97 bits per heavy atom. The number of nitrogens with zero attached hydrogens (tertiary/aromatic N) is 5. The highest BCUT2D eigenvalue weighted by atomic mass is 19.1. The van der Waals surface area contributed by atoms with Crippen molar-refractivity contribution in [1.82, 2.24) is 24.6 Å². The Balaban J connectivity index is 1.38. The first-order valence-corrected chi connectivity index (χ1v) is 9.92. The number of nitrogen functional groups attached to an aromatic ring is 1. The van der Waals surface area contributed by atoms with Crippen LogP contribution >= 0.6 is 0 Å². The van der Waals surface area contributed by atoms with E-state index in [-0.39, 0.29) is 17.6 Å². The second-order valence-electron chi connectivity index (χ2n) is 7.63. The summed E-state index contributed by atoms with van der Waals surface area (Å²) in [7, 11) is 0. The van der Waals surface area contributed by atoms with Crippen molar-refractivity contribution < 1.29 is 9.18 Å². The second kappa shape index (κ2) is 7.77. The Hall–Kier alpha value is -3.03. The molecule has 1 aliphatic heterocycles. The van der Waals surface area contributed by atoms with Gasteiger partial charge in [-0.1, -0.05) is 0 Å². The summed E-state index contributed by atoms with van der Waals surface area (Å²) >= 11 is 0. The molecule has 3 aromatic rings. The molecule has 7 nitrogen and oxygen atoms in total. The van der Waals surface area contributed by atoms with Crippen molar-refractivity contribution >= 4 is 22.5 Å². The lowest BCUT2D eigenvalue weighted by atomic mass is 9.91. The molecular weight excluding hydrogens is 371 g/mol. The number of amides is 1. The zero-order chi connectivity index (χ0) is 20.5. The van der Waals surface area contributed by atoms with Gasteiger partial charge in [-0.25, -0.2) is 14.1 Å². The molecule has 0 saturated carbocycles. The standard InChI is InChI=1S/C21H25FN6O/c1-13-24-14(2)28(26-13)10-7-20(29)27-8-5-15(6-9-27)21-18(23)12-16-11-17(22)3-4-19(16)25-21/h3-4,11-12,15H,5-10,23H2,1-2H3. The molecule has 1 fully saturated rings. The van der Waals surface area contributed by atoms with E-state index in [0.717, 1.165) is 35.7 Å². The minimum absolute atomic E-state index is 0.130. The molecule has 1 aromatic carbocycles. The van der Waals surface area contributed by atoms with Crippen LogP contribution < -0.4 is 5.73 Å². The third-order valence-corrected chi connectivity index (χ3v) is 5.57. The Morgan fingerprint density at radius 1 is 1.21 bits per heavy atom. The fraction of sp³-hybridized carbons (Fsp3) is 0.429. The van der Waals surface area contributed by atoms with Crippen molar-refractivity contribution in [3.8, 4) is 0 Å². The Kier molecular flexibility index (Phi) is 5.17. The van der Waals surface area contributed by atoms with E-state index in [1.54, 1.807) is 16.8 Å². The highest BCUT2D eigenvalue weighted by Gasteiger charge is 2.26. The number of nitrogens with two attached hydrogens (primary N) is 1. The quantitative estimate of drug-likeness (QED) is 0.732. The largest absolute Gasteiger partial charge is 0.397 e. The lowest BCUT2D eigenvalue weighted by Crippen LogP contribution is -2.38. The molecule has 0 radical (unpaired) electrons. The van der Waals surface area contributed by atoms with E-state index in [1.807, 2.05) is 18.7 Å². The number of rotatable bonds is 4. The van der Waals surface area contributed by atoms with Crippen molar-refractivity contribution in [2.24, 2.45) is 0 Å². The van der Waals surface area contributed by atoms with Crippen LogP contribution in [0.3, 0.4) is 0 Å². The second-order valence-corrected chi connectivity index (χ2v) is 7.63. The van der Waals surface area contributed by atoms with E-state index >= 15 is 0 Å². The molecule has 8 heteroatoms. The van der Waals surface area contributed by atoms with Crippen molar-refractivity contribution in [2.45, 2.75) is 45.6 Å². The minimum Gasteiger partial charge on any atom is -0.397 e. The summed E-state index contributed by atoms with van der Waals surface area (Å²) in [4.78, 5) is 23.5. The molecule has 1 amide bonds. The maximum atomic E-state index is 13.4. The van der Waals surface area contributed by atoms with Crippen LogP contribution in [0.2, 0.25) is 0 Å². The third-order valence-electron chi connectivity index (χ3n) is 5.57. The van der Waals surface area contributed by atoms with E-state index in [9.17, 15) is 9.18 Å². The van der Waals surface area contributed by atoms with Gasteiger partial charge in [0.25, 0.3) is 0 Å². The van der Waals surface area contributed by atoms with Crippen molar-refractivity contribution in [3.05, 3.63) is 47.4 Å². The summed E-state index contributed by atoms with van der Waals surface area (Å²) in [5, 5.41) is 5.01. The maximum absolute atomic E-state index is 13.4. The van der Waals surface area contributed by atoms with Gasteiger partial charge in [0.2, 0.25) is 5.91 Å². The van der Waals surface area contributed by atoms with Crippen molar-refractivity contribution in [3.63, 3.8) is 0 Å². The number of carbonyl (C=O) groups is 1. The van der Waals surface area contributed by atoms with Gasteiger partial charge in [0.15, 0.2) is 0 Å². The molecule has 0 atom stereocenters. The van der Waals surface area contributed by atoms with E-state index in [0.29, 0.717) is 37.1 Å². The molecule has 152 valence electrons. The summed E-state index contributed by atoms with van der Waals surface area (Å²) in [5.41, 5.74) is 8.39. The fourth-order valence-corrected chi connectivity index (χ4v) is 4.04. The Morgan fingerprint density at radius 3 is 2.66 bits per heavy atom. The zero-order valence-corrected chi connectivity index (χ0v) is 16.7. The van der Waals surface area contributed by atoms with Crippen LogP contribution in [0.25, 0.3) is 10.9 Å². The van der Waals surface area contributed by atoms with Crippen molar-refractivity contribution in [1.29, 1.82) is 0 Å². The van der Waals surface area contributed by atoms with E-state index in [2.05, 4.69) is 15.1 Å². The van der Waals surface area contributed by atoms with Gasteiger partial charge in [-0.15, -0.1) is 0 Å². The van der Waals surface area contributed by atoms with Crippen LogP contribution in [-0.4, -0.2) is 43.6 Å². The molecule has 1 aliphatic rings. The number of anilines is 1. The molecular formula is C21H25FN6O. The van der Waals surface area contributed by atoms with Gasteiger partial charge in [-0.05, 0) is 51.0 Å². The number of pyridine rings is 1. The minimum atomic E-state index is -0.297. The highest BCUT2D eigenvalue weighted by Crippen LogP contribution is 2.32. The molecule has 29 heavy (non-hydrogen) atoms. The number of likely N-dealkylation sites (tertiary alicyclic amines) is 1. The van der Waals surface area contributed by atoms with Crippen LogP contribution in [0.4, 0.5) is 10.1 Å². The van der Waals surface area contributed by atoms with Gasteiger partial charge in [0, 0.05) is 30.8 Å². The average Bonchev–Trinajstić information content (AvgIpc) is 3.02. The molecule has 2 aromatic heterocycles. The molecule has 0 spiro atoms. The maximum Gasteiger partial charge on any atom is 0.224 e. The number of aromatic nitrogens is 4. The molecule has 3 heterocycles. The van der Waals surface area contributed by atoms with Gasteiger partial charge in [-0.3, -0.25) is 9.78 Å². The van der Waals surface area contributed by atoms with Crippen LogP contribution in [0.5, 0.6) is 0 Å². The molecule has 1 saturated heterocycles. The van der Waals surface area contributed by atoms with Crippen molar-refractivity contribution in [2.75, 3.05) is 18.8 Å². The van der Waals surface area contributed by atoms with Crippen LogP contribution in [0.15, 0.2) is 24.3 Å². The van der Waals surface area contributed by atoms with E-state index in [4.69, 9.17) is 5.73 Å². The Bertz CT molecular complexity index is 1050. The number of hydrogen-bond acceptors (Lipinski definition) is 5. The lowest BCUT2D eigenvalue weighted by molar-refractivity contribution is -0.132. The van der Waals surface area contributed by atoms with Crippen LogP contribution in [0, 0.1) is 19.7 Å². The number of hydrogen-bond donors (Lipinski definition) is 1. The molecule has 0 bridgehead atoms. The van der Waals surface area contributed by atoms with Gasteiger partial charge in [0.05, 0.1) is 23.4 Å².